The number of non-ortho nitro benzene ring substituents is 1. The van der Waals surface area contributed by atoms with Crippen LogP contribution in [0.4, 0.5) is 11.4 Å². The van der Waals surface area contributed by atoms with E-state index in [9.17, 15) is 19.7 Å². The highest BCUT2D eigenvalue weighted by Crippen LogP contribution is 2.30. The van der Waals surface area contributed by atoms with Crippen LogP contribution in [-0.2, 0) is 11.3 Å². The summed E-state index contributed by atoms with van der Waals surface area (Å²) in [5, 5.41) is 11.2. The quantitative estimate of drug-likeness (QED) is 0.337. The molecule has 0 atom stereocenters. The second-order valence-electron chi connectivity index (χ2n) is 7.75. The van der Waals surface area contributed by atoms with E-state index in [0.29, 0.717) is 22.7 Å². The van der Waals surface area contributed by atoms with Gasteiger partial charge in [-0.2, -0.15) is 0 Å². The number of rotatable bonds is 6. The zero-order valence-corrected chi connectivity index (χ0v) is 17.2. The monoisotopic (exact) mass is 425 g/mol. The van der Waals surface area contributed by atoms with Gasteiger partial charge in [0.05, 0.1) is 28.2 Å². The molecule has 0 amide bonds. The molecule has 1 aliphatic rings. The third-order valence-electron chi connectivity index (χ3n) is 5.66. The minimum Gasteiger partial charge on any atom is -0.460 e. The van der Waals surface area contributed by atoms with Crippen LogP contribution in [0.15, 0.2) is 51.7 Å². The molecule has 2 aromatic carbocycles. The van der Waals surface area contributed by atoms with Crippen LogP contribution < -0.4 is 10.7 Å². The van der Waals surface area contributed by atoms with Gasteiger partial charge in [0, 0.05) is 25.2 Å². The molecule has 0 spiro atoms. The summed E-state index contributed by atoms with van der Waals surface area (Å²) in [4.78, 5) is 37.7. The molecule has 0 aliphatic carbocycles. The van der Waals surface area contributed by atoms with Crippen molar-refractivity contribution in [1.82, 2.24) is 4.57 Å². The zero-order chi connectivity index (χ0) is 22.0. The molecule has 3 aromatic rings. The number of carbonyl (C=O) groups is 1. The van der Waals surface area contributed by atoms with E-state index in [4.69, 9.17) is 9.15 Å². The molecule has 0 radical (unpaired) electrons. The van der Waals surface area contributed by atoms with Gasteiger partial charge in [-0.3, -0.25) is 14.7 Å². The van der Waals surface area contributed by atoms with Crippen molar-refractivity contribution >= 4 is 28.4 Å². The van der Waals surface area contributed by atoms with E-state index in [0.717, 1.165) is 25.9 Å². The number of carbonyl (C=O) groups excluding carboxylic acids is 1. The summed E-state index contributed by atoms with van der Waals surface area (Å²) >= 11 is 0. The molecule has 1 aromatic heterocycles. The lowest BCUT2D eigenvalue weighted by Crippen LogP contribution is -2.34. The van der Waals surface area contributed by atoms with E-state index in [1.54, 1.807) is 30.3 Å². The summed E-state index contributed by atoms with van der Waals surface area (Å²) in [5.41, 5.74) is 1.70. The van der Waals surface area contributed by atoms with Gasteiger partial charge >= 0.3 is 11.7 Å². The Morgan fingerprint density at radius 2 is 1.97 bits per heavy atom. The fourth-order valence-corrected chi connectivity index (χ4v) is 3.86. The summed E-state index contributed by atoms with van der Waals surface area (Å²) in [6, 6.07) is 11.3. The smallest absolute Gasteiger partial charge is 0.420 e. The number of benzene rings is 2. The van der Waals surface area contributed by atoms with Crippen molar-refractivity contribution in [3.05, 3.63) is 68.7 Å². The van der Waals surface area contributed by atoms with Gasteiger partial charge in [-0.25, -0.2) is 9.59 Å². The van der Waals surface area contributed by atoms with Crippen molar-refractivity contribution in [2.24, 2.45) is 5.92 Å². The topological polar surface area (TPSA) is 108 Å². The van der Waals surface area contributed by atoms with E-state index in [1.165, 1.54) is 16.7 Å². The minimum atomic E-state index is -0.654. The van der Waals surface area contributed by atoms with Gasteiger partial charge in [0.1, 0.15) is 6.61 Å². The van der Waals surface area contributed by atoms with Gasteiger partial charge in [-0.15, -0.1) is 0 Å². The normalized spacial score (nSPS) is 14.7. The molecule has 162 valence electrons. The molecule has 1 aliphatic heterocycles. The van der Waals surface area contributed by atoms with Crippen LogP contribution in [0.25, 0.3) is 11.1 Å². The summed E-state index contributed by atoms with van der Waals surface area (Å²) in [7, 11) is 0. The number of para-hydroxylation sites is 2. The van der Waals surface area contributed by atoms with E-state index in [1.807, 2.05) is 0 Å². The molecule has 1 saturated heterocycles. The maximum atomic E-state index is 12.8. The average molecular weight is 425 g/mol. The van der Waals surface area contributed by atoms with E-state index in [-0.39, 0.29) is 24.4 Å². The third kappa shape index (κ3) is 4.30. The number of oxazole rings is 1. The lowest BCUT2D eigenvalue weighted by atomic mass is 9.98. The Hall–Kier alpha value is -3.62. The molecular formula is C22H23N3O6. The van der Waals surface area contributed by atoms with Crippen LogP contribution >= 0.6 is 0 Å². The fourth-order valence-electron chi connectivity index (χ4n) is 3.86. The van der Waals surface area contributed by atoms with E-state index >= 15 is 0 Å². The molecule has 0 bridgehead atoms. The Bertz CT molecular complexity index is 1170. The van der Waals surface area contributed by atoms with Gasteiger partial charge in [0.25, 0.3) is 5.69 Å². The molecular weight excluding hydrogens is 402 g/mol. The standard InChI is InChI=1S/C22H23N3O6/c1-15-8-10-23(11-9-15)18-7-6-16(25(28)29)14-17(18)21(26)30-13-12-24-19-4-2-3-5-20(19)31-22(24)27/h2-7,14-15H,8-13H2,1H3. The highest BCUT2D eigenvalue weighted by atomic mass is 16.6. The molecule has 2 heterocycles. The number of nitrogens with zero attached hydrogens (tertiary/aromatic N) is 3. The Balaban J connectivity index is 1.52. The van der Waals surface area contributed by atoms with Crippen molar-refractivity contribution in [1.29, 1.82) is 0 Å². The van der Waals surface area contributed by atoms with Crippen molar-refractivity contribution in [2.45, 2.75) is 26.3 Å². The molecule has 4 rings (SSSR count). The second-order valence-corrected chi connectivity index (χ2v) is 7.75. The van der Waals surface area contributed by atoms with Crippen LogP contribution in [0.2, 0.25) is 0 Å². The molecule has 0 unspecified atom stereocenters. The first-order chi connectivity index (χ1) is 14.9. The first kappa shape index (κ1) is 20.6. The number of piperidine rings is 1. The van der Waals surface area contributed by atoms with Crippen LogP contribution in [0.1, 0.15) is 30.1 Å². The predicted octanol–water partition coefficient (Wildman–Crippen LogP) is 3.60. The maximum absolute atomic E-state index is 12.8. The number of nitro benzene ring substituents is 1. The maximum Gasteiger partial charge on any atom is 0.420 e. The van der Waals surface area contributed by atoms with Crippen molar-refractivity contribution in [2.75, 3.05) is 24.6 Å². The Morgan fingerprint density at radius 1 is 1.23 bits per heavy atom. The van der Waals surface area contributed by atoms with Crippen LogP contribution in [0.5, 0.6) is 0 Å². The highest BCUT2D eigenvalue weighted by molar-refractivity contribution is 5.96. The number of nitro groups is 1. The lowest BCUT2D eigenvalue weighted by Gasteiger charge is -2.33. The van der Waals surface area contributed by atoms with Crippen LogP contribution in [0, 0.1) is 16.0 Å². The first-order valence-corrected chi connectivity index (χ1v) is 10.2. The Labute approximate surface area is 178 Å². The molecule has 0 saturated carbocycles. The van der Waals surface area contributed by atoms with Gasteiger partial charge in [-0.05, 0) is 37.0 Å². The molecule has 9 heteroatoms. The fraction of sp³-hybridized carbons (Fsp3) is 0.364. The predicted molar refractivity (Wildman–Crippen MR) is 114 cm³/mol. The number of esters is 1. The summed E-state index contributed by atoms with van der Waals surface area (Å²) in [6.45, 7) is 3.78. The summed E-state index contributed by atoms with van der Waals surface area (Å²) < 4.78 is 12.0. The molecule has 0 N–H and O–H groups in total. The highest BCUT2D eigenvalue weighted by Gasteiger charge is 2.24. The number of hydrogen-bond acceptors (Lipinski definition) is 7. The lowest BCUT2D eigenvalue weighted by molar-refractivity contribution is -0.384. The van der Waals surface area contributed by atoms with Gasteiger partial charge in [0.15, 0.2) is 5.58 Å². The van der Waals surface area contributed by atoms with Crippen molar-refractivity contribution in [3.63, 3.8) is 0 Å². The number of fused-ring (bicyclic) bond motifs is 1. The van der Waals surface area contributed by atoms with Crippen molar-refractivity contribution in [3.8, 4) is 0 Å². The van der Waals surface area contributed by atoms with Gasteiger partial charge in [-0.1, -0.05) is 19.1 Å². The average Bonchev–Trinajstić information content (AvgIpc) is 3.09. The van der Waals surface area contributed by atoms with Gasteiger partial charge < -0.3 is 14.1 Å². The van der Waals surface area contributed by atoms with E-state index in [2.05, 4.69) is 11.8 Å². The molecule has 1 fully saturated rings. The third-order valence-corrected chi connectivity index (χ3v) is 5.66. The second kappa shape index (κ2) is 8.63. The SMILES string of the molecule is CC1CCN(c2ccc([N+](=O)[O-])cc2C(=O)OCCn2c(=O)oc3ccccc32)CC1. The summed E-state index contributed by atoms with van der Waals surface area (Å²) in [5.74, 6) is -0.582. The summed E-state index contributed by atoms with van der Waals surface area (Å²) in [6.07, 6.45) is 1.98. The number of ether oxygens (including phenoxy) is 1. The number of aromatic nitrogens is 1. The van der Waals surface area contributed by atoms with E-state index < -0.39 is 16.6 Å². The largest absolute Gasteiger partial charge is 0.460 e. The Morgan fingerprint density at radius 3 is 2.71 bits per heavy atom. The molecule has 9 nitrogen and oxygen atoms in total. The number of hydrogen-bond donors (Lipinski definition) is 0. The van der Waals surface area contributed by atoms with Gasteiger partial charge in [0.2, 0.25) is 0 Å². The first-order valence-electron chi connectivity index (χ1n) is 10.2. The number of anilines is 1. The Kier molecular flexibility index (Phi) is 5.75. The zero-order valence-electron chi connectivity index (χ0n) is 17.2. The van der Waals surface area contributed by atoms with Crippen LogP contribution in [0.3, 0.4) is 0 Å². The molecule has 31 heavy (non-hydrogen) atoms. The minimum absolute atomic E-state index is 0.0680. The van der Waals surface area contributed by atoms with Crippen molar-refractivity contribution < 1.29 is 18.9 Å². The van der Waals surface area contributed by atoms with Crippen LogP contribution in [-0.4, -0.2) is 35.2 Å².